The zero-order valence-corrected chi connectivity index (χ0v) is 9.15. The fraction of sp³-hybridized carbons (Fsp3) is 0.100. The third-order valence-electron chi connectivity index (χ3n) is 1.48. The van der Waals surface area contributed by atoms with Crippen molar-refractivity contribution in [3.05, 3.63) is 35.9 Å². The molecule has 0 aromatic heterocycles. The summed E-state index contributed by atoms with van der Waals surface area (Å²) in [5, 5.41) is 8.36. The molecule has 0 spiro atoms. The molecule has 0 bridgehead atoms. The van der Waals surface area contributed by atoms with Crippen molar-refractivity contribution in [1.82, 2.24) is 0 Å². The molecule has 1 aromatic rings. The van der Waals surface area contributed by atoms with Crippen molar-refractivity contribution in [3.63, 3.8) is 0 Å². The Morgan fingerprint density at radius 1 is 1.42 bits per heavy atom. The van der Waals surface area contributed by atoms with Crippen LogP contribution in [-0.2, 0) is 0 Å². The Balaban J connectivity index is 2.99. The second-order valence-electron chi connectivity index (χ2n) is 2.20. The Bertz CT molecular complexity index is 323. The van der Waals surface area contributed by atoms with E-state index in [9.17, 15) is 0 Å². The van der Waals surface area contributed by atoms with Gasteiger partial charge in [-0.1, -0.05) is 0 Å². The van der Waals surface area contributed by atoms with E-state index in [0.717, 1.165) is 0 Å². The first-order valence-corrected chi connectivity index (χ1v) is 7.07. The summed E-state index contributed by atoms with van der Waals surface area (Å²) in [6.07, 6.45) is 3.41. The number of rotatable bonds is 2. The van der Waals surface area contributed by atoms with E-state index in [0.29, 0.717) is 0 Å². The van der Waals surface area contributed by atoms with E-state index >= 15 is 0 Å². The molecule has 0 fully saturated rings. The number of hydrogen-bond donors (Lipinski definition) is 0. The molecule has 0 saturated carbocycles. The molecule has 0 atom stereocenters. The van der Waals surface area contributed by atoms with Crippen molar-refractivity contribution in [2.75, 3.05) is 0 Å². The number of hydrogen-bond acceptors (Lipinski definition) is 1. The van der Waals surface area contributed by atoms with E-state index in [4.69, 9.17) is 5.26 Å². The van der Waals surface area contributed by atoms with E-state index < -0.39 is 0 Å². The maximum absolute atomic E-state index is 8.36. The minimum atomic E-state index is -0.0538. The van der Waals surface area contributed by atoms with Crippen LogP contribution in [0, 0.1) is 11.3 Å². The summed E-state index contributed by atoms with van der Waals surface area (Å²) in [5.74, 6) is 0. The van der Waals surface area contributed by atoms with Gasteiger partial charge in [0.25, 0.3) is 0 Å². The molecule has 1 nitrogen and oxygen atoms in total. The Kier molecular flexibility index (Phi) is 3.88. The van der Waals surface area contributed by atoms with Gasteiger partial charge < -0.3 is 0 Å². The van der Waals surface area contributed by atoms with Crippen molar-refractivity contribution < 1.29 is 0 Å². The molecule has 0 unspecified atom stereocenters. The zero-order chi connectivity index (χ0) is 8.81. The van der Waals surface area contributed by atoms with E-state index in [1.807, 2.05) is 24.3 Å². The quantitative estimate of drug-likeness (QED) is 0.592. The van der Waals surface area contributed by atoms with Crippen molar-refractivity contribution in [2.24, 2.45) is 0 Å². The summed E-state index contributed by atoms with van der Waals surface area (Å²) in [4.78, 5) is 2.24. The predicted molar refractivity (Wildman–Crippen MR) is 52.3 cm³/mol. The van der Waals surface area contributed by atoms with Gasteiger partial charge in [0.2, 0.25) is 0 Å². The van der Waals surface area contributed by atoms with Crippen LogP contribution in [0.4, 0.5) is 0 Å². The van der Waals surface area contributed by atoms with Crippen LogP contribution in [0.1, 0.15) is 5.56 Å². The second-order valence-corrected chi connectivity index (χ2v) is 4.62. The van der Waals surface area contributed by atoms with Crippen LogP contribution in [-0.4, -0.2) is 20.9 Å². The molecule has 0 aliphatic carbocycles. The molecule has 0 aliphatic heterocycles. The summed E-state index contributed by atoms with van der Waals surface area (Å²) in [5.41, 5.74) is 1.20. The van der Waals surface area contributed by atoms with Crippen molar-refractivity contribution in [1.29, 1.82) is 5.26 Å². The van der Waals surface area contributed by atoms with Crippen molar-refractivity contribution in [2.45, 2.75) is 4.97 Å². The number of benzene rings is 1. The van der Waals surface area contributed by atoms with Crippen LogP contribution in [0.15, 0.2) is 30.3 Å². The van der Waals surface area contributed by atoms with Crippen LogP contribution in [0.25, 0.3) is 6.08 Å². The summed E-state index contributed by atoms with van der Waals surface area (Å²) >= 11 is -0.0538. The van der Waals surface area contributed by atoms with Gasteiger partial charge >= 0.3 is 82.8 Å². The normalized spacial score (nSPS) is 10.0. The summed E-state index contributed by atoms with van der Waals surface area (Å²) in [6.45, 7) is 0. The minimum absolute atomic E-state index is 0.0538. The molecule has 0 heterocycles. The van der Waals surface area contributed by atoms with E-state index in [2.05, 4.69) is 17.1 Å². The van der Waals surface area contributed by atoms with Crippen LogP contribution in [0.5, 0.6) is 0 Å². The second kappa shape index (κ2) is 4.99. The molecule has 2 heteroatoms. The first-order chi connectivity index (χ1) is 5.88. The molecule has 60 valence electrons. The molecule has 0 radical (unpaired) electrons. The fourth-order valence-corrected chi connectivity index (χ4v) is 2.60. The third-order valence-corrected chi connectivity index (χ3v) is 3.79. The van der Waals surface area contributed by atoms with E-state index in [-0.39, 0.29) is 20.9 Å². The summed E-state index contributed by atoms with van der Waals surface area (Å²) < 4.78 is 1.41. The van der Waals surface area contributed by atoms with Gasteiger partial charge in [0, 0.05) is 0 Å². The molecule has 0 N–H and O–H groups in total. The average molecular weight is 271 g/mol. The zero-order valence-electron chi connectivity index (χ0n) is 6.82. The van der Waals surface area contributed by atoms with Crippen LogP contribution in [0.2, 0.25) is 4.97 Å². The third kappa shape index (κ3) is 2.38. The van der Waals surface area contributed by atoms with Crippen LogP contribution in [0.3, 0.4) is 0 Å². The number of allylic oxidation sites excluding steroid dienone is 1. The molecular weight excluding hydrogens is 262 g/mol. The first kappa shape index (κ1) is 9.33. The Labute approximate surface area is 82.8 Å². The van der Waals surface area contributed by atoms with Gasteiger partial charge in [-0.15, -0.1) is 0 Å². The Hall–Kier alpha value is -0.760. The molecule has 1 rings (SSSR count). The predicted octanol–water partition coefficient (Wildman–Crippen LogP) is 1.60. The van der Waals surface area contributed by atoms with Gasteiger partial charge in [-0.05, 0) is 0 Å². The van der Waals surface area contributed by atoms with Gasteiger partial charge in [-0.2, -0.15) is 0 Å². The fourth-order valence-electron chi connectivity index (χ4n) is 0.931. The van der Waals surface area contributed by atoms with Crippen LogP contribution < -0.4 is 3.61 Å². The van der Waals surface area contributed by atoms with Gasteiger partial charge in [-0.25, -0.2) is 0 Å². The molecule has 0 saturated heterocycles. The molecule has 0 aliphatic rings. The average Bonchev–Trinajstić information content (AvgIpc) is 2.15. The maximum atomic E-state index is 8.36. The summed E-state index contributed by atoms with van der Waals surface area (Å²) in [7, 11) is 0. The van der Waals surface area contributed by atoms with E-state index in [1.54, 1.807) is 0 Å². The first-order valence-electron chi connectivity index (χ1n) is 3.57. The van der Waals surface area contributed by atoms with Gasteiger partial charge in [0.1, 0.15) is 0 Å². The van der Waals surface area contributed by atoms with Gasteiger partial charge in [0.15, 0.2) is 0 Å². The number of nitrogens with zero attached hydrogens (tertiary/aromatic N) is 1. The van der Waals surface area contributed by atoms with Gasteiger partial charge in [-0.3, -0.25) is 0 Å². The SMILES string of the molecule is C[Te]c1ccccc1/C=C/C#N. The van der Waals surface area contributed by atoms with E-state index in [1.165, 1.54) is 15.3 Å². The van der Waals surface area contributed by atoms with Crippen molar-refractivity contribution in [3.8, 4) is 6.07 Å². The molecule has 12 heavy (non-hydrogen) atoms. The molecule has 1 aromatic carbocycles. The Morgan fingerprint density at radius 2 is 2.17 bits per heavy atom. The van der Waals surface area contributed by atoms with Gasteiger partial charge in [0.05, 0.1) is 0 Å². The van der Waals surface area contributed by atoms with Crippen LogP contribution >= 0.6 is 0 Å². The molecule has 0 amide bonds. The number of nitriles is 1. The molecular formula is C10H9NTe. The monoisotopic (exact) mass is 273 g/mol. The summed E-state index contributed by atoms with van der Waals surface area (Å²) in [6, 6.07) is 10.2. The van der Waals surface area contributed by atoms with Crippen molar-refractivity contribution >= 4 is 30.6 Å². The standard InChI is InChI=1S/C10H9NTe/c1-12-10-7-3-2-5-9(10)6-4-8-11/h2-7H,1H3/b6-4+. The topological polar surface area (TPSA) is 23.8 Å². The Morgan fingerprint density at radius 3 is 2.83 bits per heavy atom.